The van der Waals surface area contributed by atoms with Crippen LogP contribution in [0.15, 0.2) is 16.6 Å². The molecule has 0 spiro atoms. The van der Waals surface area contributed by atoms with Gasteiger partial charge in [0.15, 0.2) is 0 Å². The molecule has 0 aromatic heterocycles. The van der Waals surface area contributed by atoms with Crippen LogP contribution < -0.4 is 10.5 Å². The molecule has 1 unspecified atom stereocenters. The number of hydrogen-bond donors (Lipinski definition) is 1. The zero-order valence-corrected chi connectivity index (χ0v) is 11.6. The topological polar surface area (TPSA) is 35.2 Å². The molecule has 0 heterocycles. The maximum atomic E-state index is 6.09. The lowest BCUT2D eigenvalue weighted by atomic mass is 9.88. The number of nitrogens with two attached hydrogens (primary N) is 1. The van der Waals surface area contributed by atoms with Gasteiger partial charge in [-0.15, -0.1) is 0 Å². The van der Waals surface area contributed by atoms with Crippen molar-refractivity contribution in [3.63, 3.8) is 0 Å². The third-order valence-electron chi connectivity index (χ3n) is 3.67. The lowest BCUT2D eigenvalue weighted by Gasteiger charge is -2.22. The van der Waals surface area contributed by atoms with Gasteiger partial charge in [0.2, 0.25) is 0 Å². The van der Waals surface area contributed by atoms with Crippen LogP contribution in [-0.2, 0) is 5.41 Å². The Kier molecular flexibility index (Phi) is 3.01. The van der Waals surface area contributed by atoms with Gasteiger partial charge in [-0.25, -0.2) is 0 Å². The maximum absolute atomic E-state index is 6.09. The predicted octanol–water partition coefficient (Wildman–Crippen LogP) is 3.14. The van der Waals surface area contributed by atoms with E-state index >= 15 is 0 Å². The molecule has 0 amide bonds. The number of rotatable bonds is 3. The molecular formula is C13H18BrNO. The molecule has 1 aliphatic carbocycles. The standard InChI is InChI=1S/C13H18BrNO/c1-8-6-10(7-11(14)12(8)16-3)13(4-5-13)9(2)15/h6-7,9H,4-5,15H2,1-3H3. The van der Waals surface area contributed by atoms with E-state index in [0.717, 1.165) is 10.2 Å². The Morgan fingerprint density at radius 1 is 1.44 bits per heavy atom. The number of methoxy groups -OCH3 is 1. The summed E-state index contributed by atoms with van der Waals surface area (Å²) in [6.45, 7) is 4.17. The van der Waals surface area contributed by atoms with Gasteiger partial charge < -0.3 is 10.5 Å². The molecular weight excluding hydrogens is 266 g/mol. The molecule has 1 aliphatic rings. The average molecular weight is 284 g/mol. The summed E-state index contributed by atoms with van der Waals surface area (Å²) in [4.78, 5) is 0. The lowest BCUT2D eigenvalue weighted by Crippen LogP contribution is -2.31. The molecule has 1 fully saturated rings. The van der Waals surface area contributed by atoms with Gasteiger partial charge in [-0.05, 0) is 59.8 Å². The Hall–Kier alpha value is -0.540. The second-order valence-corrected chi connectivity index (χ2v) is 5.61. The highest BCUT2D eigenvalue weighted by Gasteiger charge is 2.47. The van der Waals surface area contributed by atoms with Gasteiger partial charge in [0, 0.05) is 11.5 Å². The van der Waals surface area contributed by atoms with Gasteiger partial charge in [-0.2, -0.15) is 0 Å². The van der Waals surface area contributed by atoms with E-state index in [-0.39, 0.29) is 11.5 Å². The highest BCUT2D eigenvalue weighted by molar-refractivity contribution is 9.10. The Bertz CT molecular complexity index is 387. The summed E-state index contributed by atoms with van der Waals surface area (Å²) in [6.07, 6.45) is 2.39. The molecule has 0 radical (unpaired) electrons. The summed E-state index contributed by atoms with van der Waals surface area (Å²) in [6, 6.07) is 4.58. The van der Waals surface area contributed by atoms with Gasteiger partial charge in [-0.3, -0.25) is 0 Å². The fraction of sp³-hybridized carbons (Fsp3) is 0.538. The summed E-state index contributed by atoms with van der Waals surface area (Å²) < 4.78 is 6.37. The van der Waals surface area contributed by atoms with Crippen molar-refractivity contribution < 1.29 is 4.74 Å². The summed E-state index contributed by atoms with van der Waals surface area (Å²) in [5, 5.41) is 0. The van der Waals surface area contributed by atoms with Crippen LogP contribution >= 0.6 is 15.9 Å². The van der Waals surface area contributed by atoms with Gasteiger partial charge in [0.1, 0.15) is 5.75 Å². The fourth-order valence-corrected chi connectivity index (χ4v) is 3.14. The second-order valence-electron chi connectivity index (χ2n) is 4.75. The Labute approximate surface area is 105 Å². The fourth-order valence-electron chi connectivity index (χ4n) is 2.42. The van der Waals surface area contributed by atoms with Crippen molar-refractivity contribution in [1.29, 1.82) is 0 Å². The first kappa shape index (κ1) is 11.9. The molecule has 2 nitrogen and oxygen atoms in total. The Balaban J connectivity index is 2.45. The zero-order chi connectivity index (χ0) is 11.9. The minimum Gasteiger partial charge on any atom is -0.495 e. The van der Waals surface area contributed by atoms with Gasteiger partial charge in [0.25, 0.3) is 0 Å². The van der Waals surface area contributed by atoms with E-state index in [0.29, 0.717) is 0 Å². The highest BCUT2D eigenvalue weighted by Crippen LogP contribution is 2.51. The van der Waals surface area contributed by atoms with E-state index in [4.69, 9.17) is 10.5 Å². The van der Waals surface area contributed by atoms with E-state index in [9.17, 15) is 0 Å². The largest absolute Gasteiger partial charge is 0.495 e. The molecule has 1 aromatic rings. The minimum atomic E-state index is 0.208. The van der Waals surface area contributed by atoms with Gasteiger partial charge >= 0.3 is 0 Å². The van der Waals surface area contributed by atoms with Crippen LogP contribution in [-0.4, -0.2) is 13.2 Å². The second kappa shape index (κ2) is 4.04. The van der Waals surface area contributed by atoms with Crippen LogP contribution in [0, 0.1) is 6.92 Å². The van der Waals surface area contributed by atoms with Crippen LogP contribution in [0.3, 0.4) is 0 Å². The number of ether oxygens (including phenoxy) is 1. The molecule has 2 N–H and O–H groups in total. The minimum absolute atomic E-state index is 0.208. The molecule has 0 saturated heterocycles. The van der Waals surface area contributed by atoms with E-state index in [1.54, 1.807) is 7.11 Å². The van der Waals surface area contributed by atoms with Crippen LogP contribution in [0.5, 0.6) is 5.75 Å². The normalized spacial score (nSPS) is 19.3. The molecule has 1 atom stereocenters. The molecule has 0 bridgehead atoms. The summed E-state index contributed by atoms with van der Waals surface area (Å²) >= 11 is 3.56. The number of aryl methyl sites for hydroxylation is 1. The average Bonchev–Trinajstić information content (AvgIpc) is 2.97. The van der Waals surface area contributed by atoms with Crippen molar-refractivity contribution in [3.8, 4) is 5.75 Å². The van der Waals surface area contributed by atoms with Crippen molar-refractivity contribution in [2.75, 3.05) is 7.11 Å². The molecule has 0 aliphatic heterocycles. The number of hydrogen-bond acceptors (Lipinski definition) is 2. The first-order chi connectivity index (χ1) is 7.51. The SMILES string of the molecule is COc1c(C)cc(C2(C(C)N)CC2)cc1Br. The first-order valence-electron chi connectivity index (χ1n) is 5.61. The smallest absolute Gasteiger partial charge is 0.135 e. The third kappa shape index (κ3) is 1.76. The molecule has 16 heavy (non-hydrogen) atoms. The maximum Gasteiger partial charge on any atom is 0.135 e. The molecule has 88 valence electrons. The zero-order valence-electron chi connectivity index (χ0n) is 10.0. The summed E-state index contributed by atoms with van der Waals surface area (Å²) in [5.41, 5.74) is 8.80. The van der Waals surface area contributed by atoms with Crippen molar-refractivity contribution >= 4 is 15.9 Å². The molecule has 2 rings (SSSR count). The van der Waals surface area contributed by atoms with Crippen LogP contribution in [0.25, 0.3) is 0 Å². The lowest BCUT2D eigenvalue weighted by molar-refractivity contribution is 0.408. The molecule has 1 saturated carbocycles. The summed E-state index contributed by atoms with van der Waals surface area (Å²) in [7, 11) is 1.70. The van der Waals surface area contributed by atoms with E-state index in [2.05, 4.69) is 41.9 Å². The Morgan fingerprint density at radius 3 is 2.44 bits per heavy atom. The predicted molar refractivity (Wildman–Crippen MR) is 70.0 cm³/mol. The molecule has 1 aromatic carbocycles. The molecule has 3 heteroatoms. The van der Waals surface area contributed by atoms with Gasteiger partial charge in [-0.1, -0.05) is 6.07 Å². The van der Waals surface area contributed by atoms with Crippen LogP contribution in [0.4, 0.5) is 0 Å². The number of benzene rings is 1. The number of halogens is 1. The van der Waals surface area contributed by atoms with E-state index in [1.165, 1.54) is 24.0 Å². The van der Waals surface area contributed by atoms with Crippen LogP contribution in [0.2, 0.25) is 0 Å². The monoisotopic (exact) mass is 283 g/mol. The van der Waals surface area contributed by atoms with Crippen molar-refractivity contribution in [1.82, 2.24) is 0 Å². The van der Waals surface area contributed by atoms with Crippen molar-refractivity contribution in [2.24, 2.45) is 5.73 Å². The van der Waals surface area contributed by atoms with Gasteiger partial charge in [0.05, 0.1) is 11.6 Å². The summed E-state index contributed by atoms with van der Waals surface area (Å²) in [5.74, 6) is 0.921. The Morgan fingerprint density at radius 2 is 2.06 bits per heavy atom. The third-order valence-corrected chi connectivity index (χ3v) is 4.26. The quantitative estimate of drug-likeness (QED) is 0.925. The van der Waals surface area contributed by atoms with Crippen molar-refractivity contribution in [3.05, 3.63) is 27.7 Å². The van der Waals surface area contributed by atoms with E-state index in [1.807, 2.05) is 0 Å². The first-order valence-corrected chi connectivity index (χ1v) is 6.41. The van der Waals surface area contributed by atoms with E-state index < -0.39 is 0 Å². The van der Waals surface area contributed by atoms with Crippen LogP contribution in [0.1, 0.15) is 30.9 Å². The van der Waals surface area contributed by atoms with Crippen molar-refractivity contribution in [2.45, 2.75) is 38.1 Å². The highest BCUT2D eigenvalue weighted by atomic mass is 79.9.